The Morgan fingerprint density at radius 3 is 2.72 bits per heavy atom. The molecule has 1 aromatic rings. The standard InChI is InChI=1S/C12H21N3O2S/c1-12(2,3)13-8-10-14-15-11(18-10)17-9-4-6-16-7-5-9/h9,13H,4-8H2,1-3H3. The first kappa shape index (κ1) is 13.7. The molecule has 1 N–H and O–H groups in total. The van der Waals surface area contributed by atoms with Crippen molar-refractivity contribution < 1.29 is 9.47 Å². The van der Waals surface area contributed by atoms with Crippen LogP contribution in [0.2, 0.25) is 0 Å². The van der Waals surface area contributed by atoms with Gasteiger partial charge in [-0.05, 0) is 20.8 Å². The van der Waals surface area contributed by atoms with Gasteiger partial charge in [-0.3, -0.25) is 0 Å². The molecule has 1 saturated heterocycles. The summed E-state index contributed by atoms with van der Waals surface area (Å²) in [5.41, 5.74) is 0.0907. The largest absolute Gasteiger partial charge is 0.465 e. The van der Waals surface area contributed by atoms with Crippen LogP contribution >= 0.6 is 11.3 Å². The molecule has 0 atom stereocenters. The van der Waals surface area contributed by atoms with Crippen molar-refractivity contribution in [3.8, 4) is 5.19 Å². The second kappa shape index (κ2) is 5.95. The van der Waals surface area contributed by atoms with Gasteiger partial charge in [0.05, 0.1) is 19.8 Å². The second-order valence-electron chi connectivity index (χ2n) is 5.49. The van der Waals surface area contributed by atoms with Crippen LogP contribution in [0.15, 0.2) is 0 Å². The summed E-state index contributed by atoms with van der Waals surface area (Å²) >= 11 is 1.52. The van der Waals surface area contributed by atoms with Crippen molar-refractivity contribution in [3.63, 3.8) is 0 Å². The van der Waals surface area contributed by atoms with Crippen molar-refractivity contribution in [2.24, 2.45) is 0 Å². The van der Waals surface area contributed by atoms with E-state index in [4.69, 9.17) is 9.47 Å². The molecule has 1 aromatic heterocycles. The minimum absolute atomic E-state index is 0.0907. The van der Waals surface area contributed by atoms with E-state index in [0.717, 1.165) is 37.6 Å². The number of hydrogen-bond donors (Lipinski definition) is 1. The lowest BCUT2D eigenvalue weighted by Crippen LogP contribution is -2.35. The number of rotatable bonds is 4. The van der Waals surface area contributed by atoms with E-state index in [0.29, 0.717) is 5.19 Å². The van der Waals surface area contributed by atoms with E-state index in [1.807, 2.05) is 0 Å². The van der Waals surface area contributed by atoms with Gasteiger partial charge < -0.3 is 14.8 Å². The summed E-state index contributed by atoms with van der Waals surface area (Å²) in [5, 5.41) is 13.2. The van der Waals surface area contributed by atoms with E-state index in [1.165, 1.54) is 11.3 Å². The van der Waals surface area contributed by atoms with Crippen molar-refractivity contribution in [1.82, 2.24) is 15.5 Å². The predicted molar refractivity (Wildman–Crippen MR) is 71.0 cm³/mol. The fraction of sp³-hybridized carbons (Fsp3) is 0.833. The van der Waals surface area contributed by atoms with E-state index in [-0.39, 0.29) is 11.6 Å². The average molecular weight is 271 g/mol. The zero-order valence-electron chi connectivity index (χ0n) is 11.2. The highest BCUT2D eigenvalue weighted by atomic mass is 32.1. The fourth-order valence-electron chi connectivity index (χ4n) is 1.63. The summed E-state index contributed by atoms with van der Waals surface area (Å²) in [7, 11) is 0. The molecule has 5 nitrogen and oxygen atoms in total. The van der Waals surface area contributed by atoms with Gasteiger partial charge in [-0.2, -0.15) is 0 Å². The second-order valence-corrected chi connectivity index (χ2v) is 6.52. The number of ether oxygens (including phenoxy) is 2. The van der Waals surface area contributed by atoms with Crippen molar-refractivity contribution in [2.45, 2.75) is 51.8 Å². The first-order chi connectivity index (χ1) is 8.53. The molecule has 0 radical (unpaired) electrons. The van der Waals surface area contributed by atoms with Crippen LogP contribution in [0.3, 0.4) is 0 Å². The molecule has 18 heavy (non-hydrogen) atoms. The van der Waals surface area contributed by atoms with Crippen molar-refractivity contribution >= 4 is 11.3 Å². The third-order valence-electron chi connectivity index (χ3n) is 2.65. The molecular formula is C12H21N3O2S. The topological polar surface area (TPSA) is 56.3 Å². The van der Waals surface area contributed by atoms with Crippen LogP contribution in [0.4, 0.5) is 0 Å². The Kier molecular flexibility index (Phi) is 4.53. The molecule has 0 amide bonds. The lowest BCUT2D eigenvalue weighted by Gasteiger charge is -2.21. The smallest absolute Gasteiger partial charge is 0.294 e. The van der Waals surface area contributed by atoms with E-state index in [2.05, 4.69) is 36.3 Å². The molecular weight excluding hydrogens is 250 g/mol. The number of aromatic nitrogens is 2. The molecule has 2 heterocycles. The quantitative estimate of drug-likeness (QED) is 0.907. The Morgan fingerprint density at radius 1 is 1.33 bits per heavy atom. The van der Waals surface area contributed by atoms with Crippen molar-refractivity contribution in [3.05, 3.63) is 5.01 Å². The zero-order chi connectivity index (χ0) is 13.0. The predicted octanol–water partition coefficient (Wildman–Crippen LogP) is 1.98. The van der Waals surface area contributed by atoms with E-state index in [1.54, 1.807) is 0 Å². The molecule has 1 fully saturated rings. The molecule has 0 aromatic carbocycles. The van der Waals surface area contributed by atoms with Crippen molar-refractivity contribution in [1.29, 1.82) is 0 Å². The van der Waals surface area contributed by atoms with E-state index >= 15 is 0 Å². The zero-order valence-corrected chi connectivity index (χ0v) is 12.0. The third kappa shape index (κ3) is 4.51. The number of nitrogens with one attached hydrogen (secondary N) is 1. The molecule has 2 rings (SSSR count). The Balaban J connectivity index is 1.82. The first-order valence-electron chi connectivity index (χ1n) is 6.35. The molecule has 0 unspecified atom stereocenters. The molecule has 0 bridgehead atoms. The maximum atomic E-state index is 5.81. The highest BCUT2D eigenvalue weighted by molar-refractivity contribution is 7.13. The molecule has 102 valence electrons. The van der Waals surface area contributed by atoms with Crippen LogP contribution in [-0.4, -0.2) is 35.1 Å². The van der Waals surface area contributed by atoms with Gasteiger partial charge in [-0.25, -0.2) is 0 Å². The number of hydrogen-bond acceptors (Lipinski definition) is 6. The molecule has 0 spiro atoms. The van der Waals surface area contributed by atoms with Gasteiger partial charge in [-0.1, -0.05) is 16.4 Å². The Hall–Kier alpha value is -0.720. The molecule has 6 heteroatoms. The van der Waals surface area contributed by atoms with Gasteiger partial charge in [0, 0.05) is 18.4 Å². The lowest BCUT2D eigenvalue weighted by molar-refractivity contribution is 0.0252. The van der Waals surface area contributed by atoms with E-state index in [9.17, 15) is 0 Å². The fourth-order valence-corrected chi connectivity index (χ4v) is 2.33. The summed E-state index contributed by atoms with van der Waals surface area (Å²) in [4.78, 5) is 0. The molecule has 0 aliphatic carbocycles. The third-order valence-corrected chi connectivity index (χ3v) is 3.47. The van der Waals surface area contributed by atoms with Gasteiger partial charge in [0.15, 0.2) is 0 Å². The monoisotopic (exact) mass is 271 g/mol. The Morgan fingerprint density at radius 2 is 2.06 bits per heavy atom. The molecule has 1 aliphatic heterocycles. The van der Waals surface area contributed by atoms with Gasteiger partial charge >= 0.3 is 0 Å². The van der Waals surface area contributed by atoms with Gasteiger partial charge in [0.2, 0.25) is 0 Å². The summed E-state index contributed by atoms with van der Waals surface area (Å²) in [6.45, 7) is 8.69. The average Bonchev–Trinajstić information content (AvgIpc) is 2.75. The Labute approximate surface area is 112 Å². The van der Waals surface area contributed by atoms with Crippen molar-refractivity contribution in [2.75, 3.05) is 13.2 Å². The van der Waals surface area contributed by atoms with Crippen LogP contribution in [0, 0.1) is 0 Å². The lowest BCUT2D eigenvalue weighted by atomic mass is 10.1. The van der Waals surface area contributed by atoms with Crippen LogP contribution in [-0.2, 0) is 11.3 Å². The summed E-state index contributed by atoms with van der Waals surface area (Å²) in [6, 6.07) is 0. The summed E-state index contributed by atoms with van der Waals surface area (Å²) in [6.07, 6.45) is 2.11. The van der Waals surface area contributed by atoms with Crippen LogP contribution < -0.4 is 10.1 Å². The first-order valence-corrected chi connectivity index (χ1v) is 7.16. The van der Waals surface area contributed by atoms with Crippen LogP contribution in [0.25, 0.3) is 0 Å². The highest BCUT2D eigenvalue weighted by Gasteiger charge is 2.18. The number of nitrogens with zero attached hydrogens (tertiary/aromatic N) is 2. The van der Waals surface area contributed by atoms with Gasteiger partial charge in [-0.15, -0.1) is 5.10 Å². The van der Waals surface area contributed by atoms with Gasteiger partial charge in [0.1, 0.15) is 11.1 Å². The minimum atomic E-state index is 0.0907. The van der Waals surface area contributed by atoms with Gasteiger partial charge in [0.25, 0.3) is 5.19 Å². The maximum absolute atomic E-state index is 5.81. The molecule has 1 aliphatic rings. The van der Waals surface area contributed by atoms with Crippen LogP contribution in [0.1, 0.15) is 38.6 Å². The van der Waals surface area contributed by atoms with Crippen LogP contribution in [0.5, 0.6) is 5.19 Å². The SMILES string of the molecule is CC(C)(C)NCc1nnc(OC2CCOCC2)s1. The highest BCUT2D eigenvalue weighted by Crippen LogP contribution is 2.22. The summed E-state index contributed by atoms with van der Waals surface area (Å²) < 4.78 is 11.1. The maximum Gasteiger partial charge on any atom is 0.294 e. The normalized spacial score (nSPS) is 17.9. The minimum Gasteiger partial charge on any atom is -0.465 e. The molecule has 0 saturated carbocycles. The summed E-state index contributed by atoms with van der Waals surface area (Å²) in [5.74, 6) is 0. The van der Waals surface area contributed by atoms with E-state index < -0.39 is 0 Å². The Bertz CT molecular complexity index is 370.